The molecular formula is C16H30N4O5. The summed E-state index contributed by atoms with van der Waals surface area (Å²) in [5, 5.41) is 16.5. The number of carbonyl (C=O) groups is 4. The summed E-state index contributed by atoms with van der Waals surface area (Å²) in [4.78, 5) is 46.7. The lowest BCUT2D eigenvalue weighted by atomic mass is 9.99. The summed E-state index contributed by atoms with van der Waals surface area (Å²) >= 11 is 0. The molecule has 0 aromatic heterocycles. The Morgan fingerprint density at radius 1 is 1.04 bits per heavy atom. The first-order valence-electron chi connectivity index (χ1n) is 8.41. The topological polar surface area (TPSA) is 151 Å². The van der Waals surface area contributed by atoms with Gasteiger partial charge in [0, 0.05) is 0 Å². The number of carboxylic acids is 1. The highest BCUT2D eigenvalue weighted by Gasteiger charge is 2.26. The van der Waals surface area contributed by atoms with E-state index in [1.54, 1.807) is 6.92 Å². The Balaban J connectivity index is 4.67. The van der Waals surface area contributed by atoms with E-state index in [1.807, 2.05) is 20.8 Å². The monoisotopic (exact) mass is 358 g/mol. The van der Waals surface area contributed by atoms with Gasteiger partial charge in [0.05, 0.1) is 13.1 Å². The molecule has 0 saturated heterocycles. The summed E-state index contributed by atoms with van der Waals surface area (Å²) in [5.41, 5.74) is 5.23. The van der Waals surface area contributed by atoms with Gasteiger partial charge in [-0.25, -0.2) is 4.79 Å². The second-order valence-electron chi connectivity index (χ2n) is 6.44. The maximum atomic E-state index is 12.2. The number of nitrogens with one attached hydrogen (secondary N) is 3. The zero-order valence-electron chi connectivity index (χ0n) is 15.3. The molecular weight excluding hydrogens is 328 g/mol. The van der Waals surface area contributed by atoms with Crippen LogP contribution in [0.2, 0.25) is 0 Å². The minimum atomic E-state index is -1.12. The third kappa shape index (κ3) is 9.04. The molecule has 25 heavy (non-hydrogen) atoms. The molecule has 0 radical (unpaired) electrons. The normalized spacial score (nSPS) is 14.3. The molecule has 0 heterocycles. The van der Waals surface area contributed by atoms with Gasteiger partial charge in [0.25, 0.3) is 0 Å². The third-order valence-corrected chi connectivity index (χ3v) is 3.76. The molecule has 3 unspecified atom stereocenters. The van der Waals surface area contributed by atoms with Crippen LogP contribution in [0.3, 0.4) is 0 Å². The van der Waals surface area contributed by atoms with Gasteiger partial charge < -0.3 is 26.8 Å². The molecule has 9 nitrogen and oxygen atoms in total. The molecule has 6 N–H and O–H groups in total. The SMILES string of the molecule is CCC(C)C(NC(=O)CNC(=O)C(CC(C)C)NC(=O)CN)C(=O)O. The molecule has 9 heteroatoms. The van der Waals surface area contributed by atoms with Gasteiger partial charge in [0.15, 0.2) is 0 Å². The van der Waals surface area contributed by atoms with Gasteiger partial charge in [-0.2, -0.15) is 0 Å². The van der Waals surface area contributed by atoms with Crippen molar-refractivity contribution in [2.75, 3.05) is 13.1 Å². The third-order valence-electron chi connectivity index (χ3n) is 3.76. The molecule has 0 bridgehead atoms. The number of aliphatic carboxylic acids is 1. The standard InChI is InChI=1S/C16H30N4O5/c1-5-10(4)14(16(24)25)20-13(22)8-18-15(23)11(6-9(2)3)19-12(21)7-17/h9-11,14H,5-8,17H2,1-4H3,(H,18,23)(H,19,21)(H,20,22)(H,24,25). The summed E-state index contributed by atoms with van der Waals surface area (Å²) in [6.07, 6.45) is 0.981. The van der Waals surface area contributed by atoms with Crippen molar-refractivity contribution in [2.45, 2.75) is 52.6 Å². The number of carbonyl (C=O) groups excluding carboxylic acids is 3. The van der Waals surface area contributed by atoms with Crippen LogP contribution in [0.1, 0.15) is 40.5 Å². The van der Waals surface area contributed by atoms with Crippen LogP contribution in [0.25, 0.3) is 0 Å². The lowest BCUT2D eigenvalue weighted by Gasteiger charge is -2.22. The Bertz CT molecular complexity index is 481. The first-order valence-corrected chi connectivity index (χ1v) is 8.41. The molecule has 0 rings (SSSR count). The van der Waals surface area contributed by atoms with E-state index in [9.17, 15) is 19.2 Å². The zero-order chi connectivity index (χ0) is 19.6. The Hall–Kier alpha value is -2.16. The number of amides is 3. The number of rotatable bonds is 11. The van der Waals surface area contributed by atoms with Gasteiger partial charge >= 0.3 is 5.97 Å². The van der Waals surface area contributed by atoms with E-state index < -0.39 is 35.8 Å². The largest absolute Gasteiger partial charge is 0.480 e. The van der Waals surface area contributed by atoms with Crippen LogP contribution in [-0.4, -0.2) is 54.0 Å². The molecule has 0 aromatic rings. The van der Waals surface area contributed by atoms with Gasteiger partial charge in [0.1, 0.15) is 12.1 Å². The lowest BCUT2D eigenvalue weighted by Crippen LogP contribution is -2.52. The quantitative estimate of drug-likeness (QED) is 0.326. The molecule has 0 saturated carbocycles. The lowest BCUT2D eigenvalue weighted by molar-refractivity contribution is -0.143. The molecule has 0 spiro atoms. The van der Waals surface area contributed by atoms with Crippen LogP contribution >= 0.6 is 0 Å². The van der Waals surface area contributed by atoms with Gasteiger partial charge in [-0.1, -0.05) is 34.1 Å². The summed E-state index contributed by atoms with van der Waals surface area (Å²) in [5.74, 6) is -2.80. The number of hydrogen-bond donors (Lipinski definition) is 5. The van der Waals surface area contributed by atoms with Crippen LogP contribution in [0, 0.1) is 11.8 Å². The molecule has 3 atom stereocenters. The van der Waals surface area contributed by atoms with Crippen molar-refractivity contribution in [3.8, 4) is 0 Å². The predicted molar refractivity (Wildman–Crippen MR) is 92.5 cm³/mol. The van der Waals surface area contributed by atoms with Crippen LogP contribution in [0.15, 0.2) is 0 Å². The van der Waals surface area contributed by atoms with Crippen molar-refractivity contribution < 1.29 is 24.3 Å². The summed E-state index contributed by atoms with van der Waals surface area (Å²) in [7, 11) is 0. The molecule has 0 aliphatic carbocycles. The fourth-order valence-electron chi connectivity index (χ4n) is 2.15. The average Bonchev–Trinajstić information content (AvgIpc) is 2.55. The van der Waals surface area contributed by atoms with Crippen molar-refractivity contribution in [3.63, 3.8) is 0 Å². The van der Waals surface area contributed by atoms with Crippen molar-refractivity contribution in [1.29, 1.82) is 0 Å². The molecule has 144 valence electrons. The predicted octanol–water partition coefficient (Wildman–Crippen LogP) is -0.792. The second-order valence-corrected chi connectivity index (χ2v) is 6.44. The zero-order valence-corrected chi connectivity index (χ0v) is 15.3. The van der Waals surface area contributed by atoms with Crippen LogP contribution in [-0.2, 0) is 19.2 Å². The van der Waals surface area contributed by atoms with Gasteiger partial charge in [-0.15, -0.1) is 0 Å². The van der Waals surface area contributed by atoms with Crippen molar-refractivity contribution in [2.24, 2.45) is 17.6 Å². The maximum absolute atomic E-state index is 12.2. The highest BCUT2D eigenvalue weighted by molar-refractivity contribution is 5.91. The molecule has 3 amide bonds. The molecule has 0 fully saturated rings. The Kier molecular flexibility index (Phi) is 10.4. The van der Waals surface area contributed by atoms with E-state index in [0.717, 1.165) is 0 Å². The number of carboxylic acid groups (broad SMARTS) is 1. The Morgan fingerprint density at radius 3 is 2.08 bits per heavy atom. The highest BCUT2D eigenvalue weighted by Crippen LogP contribution is 2.08. The fourth-order valence-corrected chi connectivity index (χ4v) is 2.15. The molecule has 0 aliphatic heterocycles. The highest BCUT2D eigenvalue weighted by atomic mass is 16.4. The van der Waals surface area contributed by atoms with Gasteiger partial charge in [0.2, 0.25) is 17.7 Å². The maximum Gasteiger partial charge on any atom is 0.326 e. The van der Waals surface area contributed by atoms with E-state index in [1.165, 1.54) is 0 Å². The summed E-state index contributed by atoms with van der Waals surface area (Å²) < 4.78 is 0. The Labute approximate surface area is 148 Å². The van der Waals surface area contributed by atoms with E-state index in [-0.39, 0.29) is 24.9 Å². The Morgan fingerprint density at radius 2 is 1.64 bits per heavy atom. The molecule has 0 aromatic carbocycles. The van der Waals surface area contributed by atoms with Crippen molar-refractivity contribution in [1.82, 2.24) is 16.0 Å². The van der Waals surface area contributed by atoms with Crippen LogP contribution in [0.4, 0.5) is 0 Å². The minimum absolute atomic E-state index is 0.143. The number of hydrogen-bond acceptors (Lipinski definition) is 5. The van der Waals surface area contributed by atoms with Crippen LogP contribution < -0.4 is 21.7 Å². The second kappa shape index (κ2) is 11.4. The smallest absolute Gasteiger partial charge is 0.326 e. The first kappa shape index (κ1) is 22.8. The fraction of sp³-hybridized carbons (Fsp3) is 0.750. The van der Waals surface area contributed by atoms with E-state index in [0.29, 0.717) is 12.8 Å². The van der Waals surface area contributed by atoms with E-state index >= 15 is 0 Å². The van der Waals surface area contributed by atoms with E-state index in [2.05, 4.69) is 16.0 Å². The average molecular weight is 358 g/mol. The van der Waals surface area contributed by atoms with Gasteiger partial charge in [-0.05, 0) is 18.3 Å². The van der Waals surface area contributed by atoms with E-state index in [4.69, 9.17) is 10.8 Å². The van der Waals surface area contributed by atoms with Crippen LogP contribution in [0.5, 0.6) is 0 Å². The first-order chi connectivity index (χ1) is 11.6. The van der Waals surface area contributed by atoms with Crippen molar-refractivity contribution >= 4 is 23.7 Å². The summed E-state index contributed by atoms with van der Waals surface area (Å²) in [6, 6.07) is -1.81. The number of nitrogens with two attached hydrogens (primary N) is 1. The van der Waals surface area contributed by atoms with Crippen molar-refractivity contribution in [3.05, 3.63) is 0 Å². The summed E-state index contributed by atoms with van der Waals surface area (Å²) in [6.45, 7) is 6.73. The minimum Gasteiger partial charge on any atom is -0.480 e. The molecule has 0 aliphatic rings. The van der Waals surface area contributed by atoms with Gasteiger partial charge in [-0.3, -0.25) is 14.4 Å².